The van der Waals surface area contributed by atoms with Crippen molar-refractivity contribution < 1.29 is 17.9 Å². The molecule has 1 atom stereocenters. The molecular formula is C12H16O4S. The smallest absolute Gasteiger partial charge is 0.324 e. The molecular weight excluding hydrogens is 240 g/mol. The Kier molecular flexibility index (Phi) is 4.28. The van der Waals surface area contributed by atoms with Gasteiger partial charge in [0.25, 0.3) is 0 Å². The largest absolute Gasteiger partial charge is 0.465 e. The summed E-state index contributed by atoms with van der Waals surface area (Å²) in [6.07, 6.45) is 0. The maximum Gasteiger partial charge on any atom is 0.324 e. The van der Waals surface area contributed by atoms with E-state index in [-0.39, 0.29) is 11.5 Å². The van der Waals surface area contributed by atoms with Gasteiger partial charge in [0, 0.05) is 0 Å². The molecule has 0 saturated heterocycles. The van der Waals surface area contributed by atoms with Crippen molar-refractivity contribution in [3.8, 4) is 0 Å². The highest BCUT2D eigenvalue weighted by atomic mass is 32.2. The Labute approximate surface area is 102 Å². The number of ether oxygens (including phenoxy) is 1. The van der Waals surface area contributed by atoms with Gasteiger partial charge in [0.1, 0.15) is 0 Å². The van der Waals surface area contributed by atoms with Gasteiger partial charge in [-0.2, -0.15) is 0 Å². The molecule has 17 heavy (non-hydrogen) atoms. The van der Waals surface area contributed by atoms with E-state index in [2.05, 4.69) is 0 Å². The van der Waals surface area contributed by atoms with Gasteiger partial charge >= 0.3 is 5.97 Å². The van der Waals surface area contributed by atoms with Crippen LogP contribution in [0.4, 0.5) is 0 Å². The molecule has 0 aromatic heterocycles. The van der Waals surface area contributed by atoms with Crippen LogP contribution in [0.5, 0.6) is 0 Å². The molecule has 0 amide bonds. The lowest BCUT2D eigenvalue weighted by atomic mass is 10.2. The van der Waals surface area contributed by atoms with E-state index in [1.165, 1.54) is 13.0 Å². The van der Waals surface area contributed by atoms with Gasteiger partial charge in [-0.3, -0.25) is 4.79 Å². The SMILES string of the molecule is CCOC(=O)C(C)S(=O)(=O)c1cccc(C)c1. The second-order valence-corrected chi connectivity index (χ2v) is 6.02. The molecule has 1 aromatic carbocycles. The third kappa shape index (κ3) is 3.06. The minimum absolute atomic E-state index is 0.151. The molecule has 0 aliphatic rings. The number of aryl methyl sites for hydroxylation is 1. The zero-order chi connectivity index (χ0) is 13.1. The van der Waals surface area contributed by atoms with Crippen molar-refractivity contribution in [2.45, 2.75) is 30.9 Å². The lowest BCUT2D eigenvalue weighted by Crippen LogP contribution is -2.29. The number of hydrogen-bond acceptors (Lipinski definition) is 4. The predicted octanol–water partition coefficient (Wildman–Crippen LogP) is 1.72. The first-order valence-electron chi connectivity index (χ1n) is 5.36. The van der Waals surface area contributed by atoms with E-state index in [9.17, 15) is 13.2 Å². The van der Waals surface area contributed by atoms with Crippen LogP contribution >= 0.6 is 0 Å². The predicted molar refractivity (Wildman–Crippen MR) is 64.5 cm³/mol. The van der Waals surface area contributed by atoms with E-state index in [4.69, 9.17) is 4.74 Å². The molecule has 1 rings (SSSR count). The first kappa shape index (κ1) is 13.7. The molecule has 0 N–H and O–H groups in total. The number of hydrogen-bond donors (Lipinski definition) is 0. The first-order valence-corrected chi connectivity index (χ1v) is 6.91. The summed E-state index contributed by atoms with van der Waals surface area (Å²) in [7, 11) is -3.66. The number of esters is 1. The summed E-state index contributed by atoms with van der Waals surface area (Å²) in [5.74, 6) is -0.714. The van der Waals surface area contributed by atoms with E-state index in [0.717, 1.165) is 5.56 Å². The number of carbonyl (C=O) groups excluding carboxylic acids is 1. The summed E-state index contributed by atoms with van der Waals surface area (Å²) in [5.41, 5.74) is 0.835. The molecule has 5 heteroatoms. The van der Waals surface area contributed by atoms with Crippen molar-refractivity contribution in [3.05, 3.63) is 29.8 Å². The fourth-order valence-corrected chi connectivity index (χ4v) is 2.73. The summed E-state index contributed by atoms with van der Waals surface area (Å²) in [6.45, 7) is 4.96. The van der Waals surface area contributed by atoms with Gasteiger partial charge in [-0.25, -0.2) is 8.42 Å². The summed E-state index contributed by atoms with van der Waals surface area (Å²) in [6, 6.07) is 6.48. The second kappa shape index (κ2) is 5.31. The van der Waals surface area contributed by atoms with Gasteiger partial charge in [0.05, 0.1) is 11.5 Å². The lowest BCUT2D eigenvalue weighted by Gasteiger charge is -2.12. The van der Waals surface area contributed by atoms with Crippen LogP contribution in [-0.2, 0) is 19.4 Å². The molecule has 1 unspecified atom stereocenters. The lowest BCUT2D eigenvalue weighted by molar-refractivity contribution is -0.142. The van der Waals surface area contributed by atoms with Crippen LogP contribution < -0.4 is 0 Å². The molecule has 0 bridgehead atoms. The Bertz CT molecular complexity index is 505. The highest BCUT2D eigenvalue weighted by Gasteiger charge is 2.30. The minimum atomic E-state index is -3.66. The summed E-state index contributed by atoms with van der Waals surface area (Å²) in [5, 5.41) is -1.18. The Hall–Kier alpha value is -1.36. The van der Waals surface area contributed by atoms with Crippen LogP contribution in [0.15, 0.2) is 29.2 Å². The van der Waals surface area contributed by atoms with E-state index in [0.29, 0.717) is 0 Å². The fourth-order valence-electron chi connectivity index (χ4n) is 1.38. The van der Waals surface area contributed by atoms with Crippen molar-refractivity contribution in [1.82, 2.24) is 0 Å². The zero-order valence-corrected chi connectivity index (χ0v) is 11.0. The van der Waals surface area contributed by atoms with E-state index < -0.39 is 21.1 Å². The van der Waals surface area contributed by atoms with Crippen molar-refractivity contribution >= 4 is 15.8 Å². The van der Waals surface area contributed by atoms with Crippen molar-refractivity contribution in [2.24, 2.45) is 0 Å². The summed E-state index contributed by atoms with van der Waals surface area (Å²) in [4.78, 5) is 11.6. The van der Waals surface area contributed by atoms with Crippen LogP contribution in [0.1, 0.15) is 19.4 Å². The highest BCUT2D eigenvalue weighted by Crippen LogP contribution is 2.18. The Morgan fingerprint density at radius 2 is 2.06 bits per heavy atom. The van der Waals surface area contributed by atoms with Gasteiger partial charge in [-0.15, -0.1) is 0 Å². The zero-order valence-electron chi connectivity index (χ0n) is 10.1. The number of sulfone groups is 1. The van der Waals surface area contributed by atoms with Crippen molar-refractivity contribution in [2.75, 3.05) is 6.61 Å². The van der Waals surface area contributed by atoms with Gasteiger partial charge in [-0.05, 0) is 38.5 Å². The topological polar surface area (TPSA) is 60.4 Å². The molecule has 94 valence electrons. The Balaban J connectivity index is 3.07. The third-order valence-corrected chi connectivity index (χ3v) is 4.44. The maximum atomic E-state index is 12.1. The van der Waals surface area contributed by atoms with E-state index >= 15 is 0 Å². The standard InChI is InChI=1S/C12H16O4S/c1-4-16-12(13)10(3)17(14,15)11-7-5-6-9(2)8-11/h5-8,10H,4H2,1-3H3. The van der Waals surface area contributed by atoms with Gasteiger partial charge in [-0.1, -0.05) is 12.1 Å². The third-order valence-electron chi connectivity index (χ3n) is 2.40. The monoisotopic (exact) mass is 256 g/mol. The van der Waals surface area contributed by atoms with Gasteiger partial charge in [0.15, 0.2) is 15.1 Å². The number of benzene rings is 1. The molecule has 0 fully saturated rings. The normalized spacial score (nSPS) is 13.1. The molecule has 0 saturated carbocycles. The summed E-state index contributed by atoms with van der Waals surface area (Å²) >= 11 is 0. The van der Waals surface area contributed by atoms with Crippen molar-refractivity contribution in [1.29, 1.82) is 0 Å². The van der Waals surface area contributed by atoms with Crippen LogP contribution in [-0.4, -0.2) is 26.2 Å². The van der Waals surface area contributed by atoms with Crippen LogP contribution in [0.25, 0.3) is 0 Å². The second-order valence-electron chi connectivity index (χ2n) is 3.76. The van der Waals surface area contributed by atoms with Gasteiger partial charge < -0.3 is 4.74 Å². The average Bonchev–Trinajstić information content (AvgIpc) is 2.28. The Morgan fingerprint density at radius 1 is 1.41 bits per heavy atom. The Morgan fingerprint density at radius 3 is 2.59 bits per heavy atom. The summed E-state index contributed by atoms with van der Waals surface area (Å²) < 4.78 is 28.9. The first-order chi connectivity index (χ1) is 7.89. The van der Waals surface area contributed by atoms with E-state index in [1.807, 2.05) is 0 Å². The minimum Gasteiger partial charge on any atom is -0.465 e. The number of rotatable bonds is 4. The van der Waals surface area contributed by atoms with Crippen molar-refractivity contribution in [3.63, 3.8) is 0 Å². The highest BCUT2D eigenvalue weighted by molar-refractivity contribution is 7.92. The molecule has 1 aromatic rings. The van der Waals surface area contributed by atoms with Crippen LogP contribution in [0.3, 0.4) is 0 Å². The average molecular weight is 256 g/mol. The van der Waals surface area contributed by atoms with Gasteiger partial charge in [0.2, 0.25) is 0 Å². The maximum absolute atomic E-state index is 12.1. The molecule has 0 aliphatic carbocycles. The molecule has 0 spiro atoms. The quantitative estimate of drug-likeness (QED) is 0.770. The van der Waals surface area contributed by atoms with Crippen LogP contribution in [0.2, 0.25) is 0 Å². The molecule has 0 radical (unpaired) electrons. The molecule has 4 nitrogen and oxygen atoms in total. The fraction of sp³-hybridized carbons (Fsp3) is 0.417. The molecule has 0 heterocycles. The molecule has 0 aliphatic heterocycles. The van der Waals surface area contributed by atoms with Crippen LogP contribution in [0, 0.1) is 6.92 Å². The number of carbonyl (C=O) groups is 1. The van der Waals surface area contributed by atoms with E-state index in [1.54, 1.807) is 32.0 Å².